The zero-order valence-corrected chi connectivity index (χ0v) is 41.7. The number of esters is 1. The summed E-state index contributed by atoms with van der Waals surface area (Å²) in [6.45, 7) is 14.2. The number of aromatic nitrogens is 2. The van der Waals surface area contributed by atoms with E-state index < -0.39 is 69.6 Å². The van der Waals surface area contributed by atoms with Crippen molar-refractivity contribution < 1.29 is 46.6 Å². The van der Waals surface area contributed by atoms with Crippen LogP contribution in [-0.4, -0.2) is 57.4 Å². The van der Waals surface area contributed by atoms with E-state index in [4.69, 9.17) is 81.6 Å². The van der Waals surface area contributed by atoms with Gasteiger partial charge in [-0.25, -0.2) is 32.0 Å². The van der Waals surface area contributed by atoms with Crippen molar-refractivity contribution in [3.05, 3.63) is 210 Å². The number of fused-ring (bicyclic) bond motifs is 2. The maximum Gasteiger partial charge on any atom is 0.326 e. The molecule has 0 unspecified atom stereocenters. The number of amides is 1. The minimum Gasteiger partial charge on any atom is -0.480 e. The van der Waals surface area contributed by atoms with Crippen LogP contribution >= 0.6 is 58.0 Å². The van der Waals surface area contributed by atoms with Crippen molar-refractivity contribution in [2.24, 2.45) is 5.73 Å². The number of nitrogens with zero attached hydrogens (tertiary/aromatic N) is 4. The molecule has 0 aliphatic rings. The highest BCUT2D eigenvalue weighted by molar-refractivity contribution is 6.68. The molecule has 0 saturated carbocycles. The van der Waals surface area contributed by atoms with Crippen LogP contribution in [0.25, 0.3) is 53.7 Å². The molecule has 0 radical (unpaired) electrons. The highest BCUT2D eigenvalue weighted by Gasteiger charge is 2.27. The maximum atomic E-state index is 14.2. The first-order chi connectivity index (χ1) is 35.3. The summed E-state index contributed by atoms with van der Waals surface area (Å²) in [5.74, 6) is -8.21. The number of benzene rings is 6. The van der Waals surface area contributed by atoms with Crippen LogP contribution in [0.1, 0.15) is 31.8 Å². The van der Waals surface area contributed by atoms with Crippen LogP contribution in [0.4, 0.5) is 28.9 Å². The van der Waals surface area contributed by atoms with Crippen LogP contribution in [0, 0.1) is 36.4 Å². The summed E-state index contributed by atoms with van der Waals surface area (Å²) in [5, 5.41) is 12.6. The minimum absolute atomic E-state index is 0.178. The van der Waals surface area contributed by atoms with Gasteiger partial charge in [-0.05, 0) is 88.8 Å². The van der Waals surface area contributed by atoms with Gasteiger partial charge in [0, 0.05) is 50.8 Å². The number of hydrogen-bond acceptors (Lipinski definition) is 8. The van der Waals surface area contributed by atoms with E-state index in [9.17, 15) is 41.8 Å². The van der Waals surface area contributed by atoms with E-state index in [1.807, 2.05) is 30.3 Å². The SMILES string of the molecule is O=C(Cl)c1c(Cl)ccc(F)c1F.[C-]#[N+]c1ccc(-c2ccc(C[C@H](N)C(=O)OC)c3cccnc23)c(Cl)c1.[C-]#[N+]c1ccc(-c2ccc(C[C@H](NC(=O)c3c(Cl)ccc(F)c3F)C(=O)O)c3cccnc23)c(Cl)c1. The van der Waals surface area contributed by atoms with Gasteiger partial charge in [-0.1, -0.05) is 107 Å². The van der Waals surface area contributed by atoms with Crippen molar-refractivity contribution >= 4 is 114 Å². The number of aliphatic carboxylic acids is 1. The minimum atomic E-state index is -1.48. The van der Waals surface area contributed by atoms with Gasteiger partial charge < -0.3 is 20.9 Å². The summed E-state index contributed by atoms with van der Waals surface area (Å²) in [7, 11) is 1.32. The predicted octanol–water partition coefficient (Wildman–Crippen LogP) is 13.6. The molecule has 0 saturated heterocycles. The molecule has 1 amide bonds. The highest BCUT2D eigenvalue weighted by Crippen LogP contribution is 2.38. The van der Waals surface area contributed by atoms with Gasteiger partial charge >= 0.3 is 11.9 Å². The van der Waals surface area contributed by atoms with Crippen molar-refractivity contribution in [1.29, 1.82) is 0 Å². The van der Waals surface area contributed by atoms with Gasteiger partial charge in [0.2, 0.25) is 0 Å². The van der Waals surface area contributed by atoms with Crippen LogP contribution in [0.5, 0.6) is 0 Å². The van der Waals surface area contributed by atoms with Crippen molar-refractivity contribution in [2.75, 3.05) is 7.11 Å². The van der Waals surface area contributed by atoms with E-state index in [1.54, 1.807) is 67.0 Å². The summed E-state index contributed by atoms with van der Waals surface area (Å²) >= 11 is 29.0. The Morgan fingerprint density at radius 3 is 1.51 bits per heavy atom. The summed E-state index contributed by atoms with van der Waals surface area (Å²) in [5.41, 5.74) is 11.1. The van der Waals surface area contributed by atoms with E-state index >= 15 is 0 Å². The second-order valence-electron chi connectivity index (χ2n) is 15.5. The Bertz CT molecular complexity index is 3610. The fraction of sp³-hybridized carbons (Fsp3) is 0.0943. The molecular weight excluding hydrogens is 1070 g/mol. The number of ether oxygens (including phenoxy) is 1. The smallest absolute Gasteiger partial charge is 0.326 e. The first-order valence-electron chi connectivity index (χ1n) is 21.2. The second-order valence-corrected chi connectivity index (χ2v) is 17.5. The average molecular weight is 1100 g/mol. The maximum absolute atomic E-state index is 14.2. The number of methoxy groups -OCH3 is 1. The van der Waals surface area contributed by atoms with Crippen LogP contribution in [0.15, 0.2) is 122 Å². The molecule has 12 nitrogen and oxygen atoms in total. The van der Waals surface area contributed by atoms with Crippen LogP contribution in [0.3, 0.4) is 0 Å². The molecule has 374 valence electrons. The monoisotopic (exact) mass is 1100 g/mol. The number of carbonyl (C=O) groups excluding carboxylic acids is 3. The zero-order chi connectivity index (χ0) is 54.0. The predicted molar refractivity (Wildman–Crippen MR) is 276 cm³/mol. The number of nitrogens with one attached hydrogen (secondary N) is 1. The van der Waals surface area contributed by atoms with E-state index in [0.717, 1.165) is 51.9 Å². The number of nitrogens with two attached hydrogens (primary N) is 1. The molecule has 21 heteroatoms. The first kappa shape index (κ1) is 55.6. The van der Waals surface area contributed by atoms with E-state index in [2.05, 4.69) is 25.0 Å². The quantitative estimate of drug-likeness (QED) is 0.0375. The molecule has 4 N–H and O–H groups in total. The zero-order valence-electron chi connectivity index (χ0n) is 37.9. The Morgan fingerprint density at radius 1 is 0.649 bits per heavy atom. The summed E-state index contributed by atoms with van der Waals surface area (Å²) in [6.07, 6.45) is 3.45. The first-order valence-corrected chi connectivity index (χ1v) is 23.1. The van der Waals surface area contributed by atoms with Crippen molar-refractivity contribution in [2.45, 2.75) is 24.9 Å². The molecular formula is C53H33Cl5F4N6O6. The normalized spacial score (nSPS) is 11.4. The lowest BCUT2D eigenvalue weighted by molar-refractivity contribution is -0.142. The van der Waals surface area contributed by atoms with Gasteiger partial charge in [0.1, 0.15) is 12.1 Å². The summed E-state index contributed by atoms with van der Waals surface area (Å²) < 4.78 is 57.7. The second kappa shape index (κ2) is 24.8. The Labute approximate surface area is 443 Å². The van der Waals surface area contributed by atoms with E-state index in [0.29, 0.717) is 55.4 Å². The topological polar surface area (TPSA) is 170 Å². The Balaban J connectivity index is 0.000000204. The Kier molecular flexibility index (Phi) is 18.7. The fourth-order valence-electron chi connectivity index (χ4n) is 7.40. The number of carboxylic acids is 1. The molecule has 6 aromatic carbocycles. The Morgan fingerprint density at radius 2 is 1.09 bits per heavy atom. The number of carboxylic acid groups (broad SMARTS) is 1. The number of halogens is 9. The van der Waals surface area contributed by atoms with Gasteiger partial charge in [0.25, 0.3) is 11.1 Å². The molecule has 8 rings (SSSR count). The Hall–Kier alpha value is -7.67. The third-order valence-corrected chi connectivity index (χ3v) is 12.4. The molecule has 74 heavy (non-hydrogen) atoms. The summed E-state index contributed by atoms with van der Waals surface area (Å²) in [6, 6.07) is 25.9. The van der Waals surface area contributed by atoms with Crippen LogP contribution in [-0.2, 0) is 27.2 Å². The molecule has 2 atom stereocenters. The lowest BCUT2D eigenvalue weighted by Gasteiger charge is -2.18. The molecule has 0 fully saturated rings. The van der Waals surface area contributed by atoms with Gasteiger partial charge in [-0.15, -0.1) is 0 Å². The van der Waals surface area contributed by atoms with Gasteiger partial charge in [-0.3, -0.25) is 24.4 Å². The van der Waals surface area contributed by atoms with Crippen molar-refractivity contribution in [3.8, 4) is 22.3 Å². The molecule has 0 bridgehead atoms. The number of rotatable bonds is 11. The lowest BCUT2D eigenvalue weighted by Crippen LogP contribution is -2.42. The van der Waals surface area contributed by atoms with Gasteiger partial charge in [0.05, 0.1) is 52.5 Å². The molecule has 2 aromatic heterocycles. The van der Waals surface area contributed by atoms with Gasteiger partial charge in [-0.2, -0.15) is 0 Å². The number of pyridine rings is 2. The lowest BCUT2D eigenvalue weighted by atomic mass is 9.95. The third kappa shape index (κ3) is 12.7. The largest absolute Gasteiger partial charge is 0.480 e. The van der Waals surface area contributed by atoms with Crippen molar-refractivity contribution in [1.82, 2.24) is 15.3 Å². The third-order valence-electron chi connectivity index (χ3n) is 10.9. The molecule has 2 heterocycles. The van der Waals surface area contributed by atoms with Crippen LogP contribution < -0.4 is 11.1 Å². The van der Waals surface area contributed by atoms with Crippen LogP contribution in [0.2, 0.25) is 20.1 Å². The van der Waals surface area contributed by atoms with E-state index in [1.165, 1.54) is 7.11 Å². The standard InChI is InChI=1S/C26H15Cl2F2N3O3.C20H16ClN3O2.C7H2Cl2F2O/c1-31-14-5-7-16(19(28)12-14)17-6-4-13(15-3-2-10-32-24(15)17)11-21(26(35)36)33-25(34)22-18(27)8-9-20(29)23(22)30;1-23-13-6-8-15(17(21)11-13)16-7-5-12(10-18(22)20(25)26-2)14-4-3-9-24-19(14)16;8-3-1-2-4(10)6(11)5(3)7(9)12/h2-10,12,21H,11H2,(H,33,34)(H,35,36);3-9,11,18H,10,22H2,2H3;1-2H/t21-;18-;/m00./s1. The molecule has 0 aliphatic carbocycles. The highest BCUT2D eigenvalue weighted by atomic mass is 35.5. The number of hydrogen-bond donors (Lipinski definition) is 3. The summed E-state index contributed by atoms with van der Waals surface area (Å²) in [4.78, 5) is 62.4. The molecule has 8 aromatic rings. The molecule has 0 aliphatic heterocycles. The average Bonchev–Trinajstić information content (AvgIpc) is 3.38. The number of carbonyl (C=O) groups is 4. The van der Waals surface area contributed by atoms with Crippen molar-refractivity contribution in [3.63, 3.8) is 0 Å². The molecule has 0 spiro atoms. The van der Waals surface area contributed by atoms with Gasteiger partial charge in [0.15, 0.2) is 34.6 Å². The fourth-order valence-corrected chi connectivity index (χ4v) is 8.65. The van der Waals surface area contributed by atoms with E-state index in [-0.39, 0.29) is 16.5 Å².